The lowest BCUT2D eigenvalue weighted by molar-refractivity contribution is 0.0520. The molecule has 26 heavy (non-hydrogen) atoms. The minimum absolute atomic E-state index is 0.141. The Balaban J connectivity index is 2.06. The zero-order chi connectivity index (χ0) is 18.5. The van der Waals surface area contributed by atoms with Crippen molar-refractivity contribution in [1.82, 2.24) is 4.98 Å². The third-order valence-corrected chi connectivity index (χ3v) is 3.99. The summed E-state index contributed by atoms with van der Waals surface area (Å²) in [6.07, 6.45) is 3.10. The molecule has 1 N–H and O–H groups in total. The summed E-state index contributed by atoms with van der Waals surface area (Å²) in [5.74, 6) is 0.0584. The molecular weight excluding hydrogens is 330 g/mol. The lowest BCUT2D eigenvalue weighted by atomic mass is 10.1. The summed E-state index contributed by atoms with van der Waals surface area (Å²) >= 11 is 0. The minimum Gasteiger partial charge on any atom is -0.497 e. The molecule has 0 atom stereocenters. The molecule has 0 saturated carbocycles. The highest BCUT2D eigenvalue weighted by molar-refractivity contribution is 6.10. The monoisotopic (exact) mass is 349 g/mol. The predicted molar refractivity (Wildman–Crippen MR) is 101 cm³/mol. The summed E-state index contributed by atoms with van der Waals surface area (Å²) in [5, 5.41) is 0.782. The van der Waals surface area contributed by atoms with E-state index in [1.54, 1.807) is 38.3 Å². The standard InChI is InChI=1S/C21H19NO4/c1-3-26-21(24)20-16(10-12-19(23)14-7-5-4-6-8-14)17-13-15(25-2)9-11-18(17)22-20/h4-13,22H,3H2,1-2H3/b12-10+. The first-order chi connectivity index (χ1) is 12.6. The number of rotatable bonds is 6. The Bertz CT molecular complexity index is 970. The Kier molecular flexibility index (Phi) is 5.17. The fourth-order valence-electron chi connectivity index (χ4n) is 2.71. The van der Waals surface area contributed by atoms with E-state index >= 15 is 0 Å². The van der Waals surface area contributed by atoms with Crippen molar-refractivity contribution < 1.29 is 19.1 Å². The highest BCUT2D eigenvalue weighted by atomic mass is 16.5. The van der Waals surface area contributed by atoms with Gasteiger partial charge in [-0.05, 0) is 37.3 Å². The first kappa shape index (κ1) is 17.5. The Labute approximate surface area is 151 Å². The van der Waals surface area contributed by atoms with Crippen LogP contribution >= 0.6 is 0 Å². The number of ketones is 1. The molecule has 5 heteroatoms. The number of nitrogens with one attached hydrogen (secondary N) is 1. The van der Waals surface area contributed by atoms with Gasteiger partial charge in [-0.3, -0.25) is 4.79 Å². The fourth-order valence-corrected chi connectivity index (χ4v) is 2.71. The maximum absolute atomic E-state index is 12.4. The maximum Gasteiger partial charge on any atom is 0.355 e. The van der Waals surface area contributed by atoms with Gasteiger partial charge >= 0.3 is 5.97 Å². The van der Waals surface area contributed by atoms with E-state index in [9.17, 15) is 9.59 Å². The topological polar surface area (TPSA) is 68.4 Å². The molecule has 0 radical (unpaired) electrons. The molecule has 0 aliphatic rings. The highest BCUT2D eigenvalue weighted by Gasteiger charge is 2.18. The van der Waals surface area contributed by atoms with Crippen LogP contribution in [-0.2, 0) is 4.74 Å². The van der Waals surface area contributed by atoms with Crippen LogP contribution in [0.2, 0.25) is 0 Å². The molecule has 2 aromatic carbocycles. The second kappa shape index (κ2) is 7.70. The van der Waals surface area contributed by atoms with Crippen LogP contribution in [0.4, 0.5) is 0 Å². The number of fused-ring (bicyclic) bond motifs is 1. The number of aromatic amines is 1. The molecule has 3 aromatic rings. The van der Waals surface area contributed by atoms with Gasteiger partial charge in [-0.2, -0.15) is 0 Å². The maximum atomic E-state index is 12.4. The molecule has 0 spiro atoms. The van der Waals surface area contributed by atoms with E-state index in [2.05, 4.69) is 4.98 Å². The number of aromatic nitrogens is 1. The smallest absolute Gasteiger partial charge is 0.355 e. The van der Waals surface area contributed by atoms with Crippen molar-refractivity contribution in [3.05, 3.63) is 71.4 Å². The van der Waals surface area contributed by atoms with E-state index in [1.807, 2.05) is 30.3 Å². The molecule has 132 valence electrons. The van der Waals surface area contributed by atoms with E-state index in [1.165, 1.54) is 6.08 Å². The third kappa shape index (κ3) is 3.52. The van der Waals surface area contributed by atoms with Gasteiger partial charge in [-0.25, -0.2) is 4.79 Å². The molecule has 0 aliphatic carbocycles. The van der Waals surface area contributed by atoms with Crippen molar-refractivity contribution in [3.63, 3.8) is 0 Å². The van der Waals surface area contributed by atoms with Crippen molar-refractivity contribution in [3.8, 4) is 5.75 Å². The molecule has 5 nitrogen and oxygen atoms in total. The Morgan fingerprint density at radius 1 is 1.12 bits per heavy atom. The largest absolute Gasteiger partial charge is 0.497 e. The lowest BCUT2D eigenvalue weighted by Gasteiger charge is -2.02. The molecule has 0 saturated heterocycles. The van der Waals surface area contributed by atoms with Crippen LogP contribution in [0.5, 0.6) is 5.75 Å². The zero-order valence-corrected chi connectivity index (χ0v) is 14.6. The van der Waals surface area contributed by atoms with Crippen LogP contribution in [0.3, 0.4) is 0 Å². The van der Waals surface area contributed by atoms with Gasteiger partial charge in [0, 0.05) is 22.0 Å². The predicted octanol–water partition coefficient (Wildman–Crippen LogP) is 4.25. The number of carbonyl (C=O) groups excluding carboxylic acids is 2. The summed E-state index contributed by atoms with van der Waals surface area (Å²) in [6, 6.07) is 14.4. The zero-order valence-electron chi connectivity index (χ0n) is 14.6. The number of hydrogen-bond acceptors (Lipinski definition) is 4. The molecule has 0 aliphatic heterocycles. The minimum atomic E-state index is -0.463. The first-order valence-corrected chi connectivity index (χ1v) is 8.28. The molecule has 1 aromatic heterocycles. The van der Waals surface area contributed by atoms with E-state index in [0.717, 1.165) is 10.9 Å². The van der Waals surface area contributed by atoms with Crippen LogP contribution < -0.4 is 4.74 Å². The van der Waals surface area contributed by atoms with Crippen molar-refractivity contribution in [2.24, 2.45) is 0 Å². The van der Waals surface area contributed by atoms with Crippen LogP contribution in [0.1, 0.15) is 33.3 Å². The van der Waals surface area contributed by atoms with Crippen LogP contribution in [0.15, 0.2) is 54.6 Å². The van der Waals surface area contributed by atoms with Gasteiger partial charge in [-0.1, -0.05) is 30.3 Å². The summed E-state index contributed by atoms with van der Waals surface area (Å²) in [4.78, 5) is 27.7. The van der Waals surface area contributed by atoms with Crippen molar-refractivity contribution in [1.29, 1.82) is 0 Å². The van der Waals surface area contributed by atoms with Gasteiger partial charge < -0.3 is 14.5 Å². The Hall–Kier alpha value is -3.34. The van der Waals surface area contributed by atoms with Crippen molar-refractivity contribution in [2.75, 3.05) is 13.7 Å². The second-order valence-electron chi connectivity index (χ2n) is 5.61. The fraction of sp³-hybridized carbons (Fsp3) is 0.143. The van der Waals surface area contributed by atoms with Crippen LogP contribution in [0.25, 0.3) is 17.0 Å². The number of methoxy groups -OCH3 is 1. The van der Waals surface area contributed by atoms with Crippen LogP contribution in [-0.4, -0.2) is 30.5 Å². The summed E-state index contributed by atoms with van der Waals surface area (Å²) in [5.41, 5.74) is 2.26. The summed E-state index contributed by atoms with van der Waals surface area (Å²) < 4.78 is 10.4. The van der Waals surface area contributed by atoms with Gasteiger partial charge in [-0.15, -0.1) is 0 Å². The number of allylic oxidation sites excluding steroid dienone is 1. The molecule has 0 unspecified atom stereocenters. The van der Waals surface area contributed by atoms with Gasteiger partial charge in [0.1, 0.15) is 11.4 Å². The van der Waals surface area contributed by atoms with Crippen molar-refractivity contribution >= 4 is 28.7 Å². The number of hydrogen-bond donors (Lipinski definition) is 1. The van der Waals surface area contributed by atoms with E-state index in [-0.39, 0.29) is 12.4 Å². The Morgan fingerprint density at radius 2 is 1.88 bits per heavy atom. The molecule has 0 fully saturated rings. The number of esters is 1. The van der Waals surface area contributed by atoms with Gasteiger partial charge in [0.15, 0.2) is 5.78 Å². The summed E-state index contributed by atoms with van der Waals surface area (Å²) in [6.45, 7) is 2.02. The molecule has 0 amide bonds. The normalized spacial score (nSPS) is 11.0. The molecule has 3 rings (SSSR count). The number of ether oxygens (including phenoxy) is 2. The van der Waals surface area contributed by atoms with E-state index in [0.29, 0.717) is 22.6 Å². The summed E-state index contributed by atoms with van der Waals surface area (Å²) in [7, 11) is 1.58. The van der Waals surface area contributed by atoms with E-state index in [4.69, 9.17) is 9.47 Å². The number of carbonyl (C=O) groups is 2. The Morgan fingerprint density at radius 3 is 2.58 bits per heavy atom. The average Bonchev–Trinajstić information content (AvgIpc) is 3.04. The molecular formula is C21H19NO4. The SMILES string of the molecule is CCOC(=O)c1[nH]c2ccc(OC)cc2c1/C=C/C(=O)c1ccccc1. The molecule has 0 bridgehead atoms. The first-order valence-electron chi connectivity index (χ1n) is 8.28. The average molecular weight is 349 g/mol. The van der Waals surface area contributed by atoms with Gasteiger partial charge in [0.25, 0.3) is 0 Å². The van der Waals surface area contributed by atoms with E-state index < -0.39 is 5.97 Å². The highest BCUT2D eigenvalue weighted by Crippen LogP contribution is 2.28. The molecule has 1 heterocycles. The second-order valence-corrected chi connectivity index (χ2v) is 5.61. The third-order valence-electron chi connectivity index (χ3n) is 3.99. The number of H-pyrrole nitrogens is 1. The van der Waals surface area contributed by atoms with Crippen molar-refractivity contribution in [2.45, 2.75) is 6.92 Å². The quantitative estimate of drug-likeness (QED) is 0.410. The lowest BCUT2D eigenvalue weighted by Crippen LogP contribution is -2.06. The van der Waals surface area contributed by atoms with Crippen LogP contribution in [0, 0.1) is 0 Å². The van der Waals surface area contributed by atoms with Gasteiger partial charge in [0.05, 0.1) is 13.7 Å². The number of benzene rings is 2. The van der Waals surface area contributed by atoms with Gasteiger partial charge in [0.2, 0.25) is 0 Å².